The summed E-state index contributed by atoms with van der Waals surface area (Å²) in [6, 6.07) is 4.95. The number of benzene rings is 1. The summed E-state index contributed by atoms with van der Waals surface area (Å²) in [6.07, 6.45) is 4.57. The molecule has 0 spiro atoms. The summed E-state index contributed by atoms with van der Waals surface area (Å²) >= 11 is 7.83. The van der Waals surface area contributed by atoms with Gasteiger partial charge in [0.15, 0.2) is 5.65 Å². The zero-order valence-electron chi connectivity index (χ0n) is 19.5. The van der Waals surface area contributed by atoms with Crippen molar-refractivity contribution >= 4 is 50.4 Å². The molecule has 178 valence electrons. The molecule has 0 saturated heterocycles. The quantitative estimate of drug-likeness (QED) is 0.444. The molecule has 4 aromatic rings. The molecule has 3 aromatic heterocycles. The minimum Gasteiger partial charge on any atom is -0.495 e. The summed E-state index contributed by atoms with van der Waals surface area (Å²) in [5.74, 6) is 0.746. The molecule has 34 heavy (non-hydrogen) atoms. The zero-order valence-corrected chi connectivity index (χ0v) is 21.1. The Hall–Kier alpha value is -2.91. The van der Waals surface area contributed by atoms with Gasteiger partial charge in [0.05, 0.1) is 17.5 Å². The highest BCUT2D eigenvalue weighted by Gasteiger charge is 2.32. The Labute approximate surface area is 205 Å². The Bertz CT molecular complexity index is 1480. The van der Waals surface area contributed by atoms with Gasteiger partial charge in [0.2, 0.25) is 5.91 Å². The van der Waals surface area contributed by atoms with Crippen LogP contribution < -0.4 is 15.7 Å². The lowest BCUT2D eigenvalue weighted by Gasteiger charge is -2.33. The number of nitrogens with zero attached hydrogens (tertiary/aromatic N) is 4. The topological polar surface area (TPSA) is 90.5 Å². The Kier molecular flexibility index (Phi) is 5.64. The van der Waals surface area contributed by atoms with Crippen LogP contribution in [-0.4, -0.2) is 32.2 Å². The highest BCUT2D eigenvalue weighted by molar-refractivity contribution is 7.19. The van der Waals surface area contributed by atoms with Crippen LogP contribution in [0, 0.1) is 11.3 Å². The molecule has 1 aliphatic rings. The number of aromatic nitrogens is 4. The van der Waals surface area contributed by atoms with Gasteiger partial charge in [-0.25, -0.2) is 18.9 Å². The van der Waals surface area contributed by atoms with Crippen molar-refractivity contribution in [2.24, 2.45) is 11.3 Å². The zero-order chi connectivity index (χ0) is 24.2. The molecule has 1 aromatic carbocycles. The molecular formula is C24H26ClN5O3S. The van der Waals surface area contributed by atoms with Crippen molar-refractivity contribution in [1.29, 1.82) is 0 Å². The maximum Gasteiger partial charge on any atom is 0.352 e. The molecule has 8 nitrogen and oxygen atoms in total. The molecule has 1 unspecified atom stereocenters. The number of carbonyl (C=O) groups is 1. The minimum absolute atomic E-state index is 0.218. The van der Waals surface area contributed by atoms with Crippen molar-refractivity contribution in [2.45, 2.75) is 46.6 Å². The van der Waals surface area contributed by atoms with E-state index in [1.54, 1.807) is 29.5 Å². The predicted octanol–water partition coefficient (Wildman–Crippen LogP) is 4.56. The number of anilines is 1. The Morgan fingerprint density at radius 3 is 2.85 bits per heavy atom. The normalized spacial score (nSPS) is 16.1. The predicted molar refractivity (Wildman–Crippen MR) is 134 cm³/mol. The number of halogens is 1. The number of carbonyl (C=O) groups excluding carboxylic acids is 1. The van der Waals surface area contributed by atoms with E-state index in [0.29, 0.717) is 28.0 Å². The number of nitrogens with one attached hydrogen (secondary N) is 1. The molecule has 0 aliphatic heterocycles. The van der Waals surface area contributed by atoms with E-state index in [-0.39, 0.29) is 17.9 Å². The third-order valence-corrected chi connectivity index (χ3v) is 8.04. The summed E-state index contributed by atoms with van der Waals surface area (Å²) in [6.45, 7) is 6.65. The second-order valence-electron chi connectivity index (χ2n) is 9.77. The fourth-order valence-electron chi connectivity index (χ4n) is 4.62. The molecular weight excluding hydrogens is 474 g/mol. The highest BCUT2D eigenvalue weighted by atomic mass is 35.5. The van der Waals surface area contributed by atoms with Gasteiger partial charge in [-0.3, -0.25) is 4.79 Å². The average molecular weight is 500 g/mol. The molecule has 1 atom stereocenters. The summed E-state index contributed by atoms with van der Waals surface area (Å²) in [7, 11) is 1.52. The molecule has 3 heterocycles. The van der Waals surface area contributed by atoms with Crippen LogP contribution in [0.4, 0.5) is 5.69 Å². The molecule has 0 fully saturated rings. The van der Waals surface area contributed by atoms with Gasteiger partial charge in [0.25, 0.3) is 0 Å². The SMILES string of the molecule is COc1ccc(NC(=O)Cn2nc3c4c5c(sc4ncn3c2=O)CC(C(C)(C)C)CC5)cc1Cl. The third kappa shape index (κ3) is 3.96. The van der Waals surface area contributed by atoms with Crippen LogP contribution in [0.25, 0.3) is 15.9 Å². The summed E-state index contributed by atoms with van der Waals surface area (Å²) in [4.78, 5) is 32.4. The van der Waals surface area contributed by atoms with Gasteiger partial charge in [0.1, 0.15) is 23.5 Å². The molecule has 0 radical (unpaired) electrons. The Morgan fingerprint density at radius 1 is 1.35 bits per heavy atom. The van der Waals surface area contributed by atoms with Crippen LogP contribution in [-0.2, 0) is 24.2 Å². The smallest absolute Gasteiger partial charge is 0.352 e. The molecule has 0 bridgehead atoms. The Morgan fingerprint density at radius 2 is 2.15 bits per heavy atom. The lowest BCUT2D eigenvalue weighted by Crippen LogP contribution is -2.28. The third-order valence-electron chi connectivity index (χ3n) is 6.58. The molecule has 10 heteroatoms. The summed E-state index contributed by atoms with van der Waals surface area (Å²) < 4.78 is 7.75. The van der Waals surface area contributed by atoms with Gasteiger partial charge in [-0.15, -0.1) is 16.4 Å². The van der Waals surface area contributed by atoms with E-state index in [2.05, 4.69) is 36.2 Å². The van der Waals surface area contributed by atoms with E-state index in [9.17, 15) is 9.59 Å². The van der Waals surface area contributed by atoms with E-state index in [1.165, 1.54) is 33.0 Å². The molecule has 1 N–H and O–H groups in total. The van der Waals surface area contributed by atoms with Crippen LogP contribution in [0.2, 0.25) is 5.02 Å². The first kappa shape index (κ1) is 22.9. The first-order chi connectivity index (χ1) is 16.2. The average Bonchev–Trinajstić information content (AvgIpc) is 3.30. The van der Waals surface area contributed by atoms with Gasteiger partial charge in [-0.05, 0) is 54.4 Å². The van der Waals surface area contributed by atoms with E-state index >= 15 is 0 Å². The van der Waals surface area contributed by atoms with Gasteiger partial charge >= 0.3 is 5.69 Å². The van der Waals surface area contributed by atoms with Gasteiger partial charge < -0.3 is 10.1 Å². The molecule has 1 amide bonds. The van der Waals surface area contributed by atoms with Gasteiger partial charge in [0, 0.05) is 10.6 Å². The largest absolute Gasteiger partial charge is 0.495 e. The van der Waals surface area contributed by atoms with Gasteiger partial charge in [-0.1, -0.05) is 32.4 Å². The minimum atomic E-state index is -0.393. The van der Waals surface area contributed by atoms with E-state index in [4.69, 9.17) is 16.3 Å². The van der Waals surface area contributed by atoms with Crippen LogP contribution in [0.5, 0.6) is 5.75 Å². The second kappa shape index (κ2) is 8.39. The number of ether oxygens (including phenoxy) is 1. The number of methoxy groups -OCH3 is 1. The monoisotopic (exact) mass is 499 g/mol. The van der Waals surface area contributed by atoms with Crippen LogP contribution >= 0.6 is 22.9 Å². The summed E-state index contributed by atoms with van der Waals surface area (Å²) in [5, 5.41) is 8.62. The number of hydrogen-bond acceptors (Lipinski definition) is 6. The van der Waals surface area contributed by atoms with Gasteiger partial charge in [-0.2, -0.15) is 0 Å². The van der Waals surface area contributed by atoms with E-state index in [1.807, 2.05) is 0 Å². The number of hydrogen-bond donors (Lipinski definition) is 1. The lowest BCUT2D eigenvalue weighted by molar-refractivity contribution is -0.117. The van der Waals surface area contributed by atoms with E-state index < -0.39 is 5.69 Å². The summed E-state index contributed by atoms with van der Waals surface area (Å²) in [5.41, 5.74) is 2.17. The first-order valence-corrected chi connectivity index (χ1v) is 12.4. The fraction of sp³-hybridized carbons (Fsp3) is 0.417. The van der Waals surface area contributed by atoms with Crippen LogP contribution in [0.3, 0.4) is 0 Å². The molecule has 0 saturated carbocycles. The Balaban J connectivity index is 1.45. The fourth-order valence-corrected chi connectivity index (χ4v) is 6.14. The maximum atomic E-state index is 13.0. The molecule has 5 rings (SSSR count). The van der Waals surface area contributed by atoms with Crippen molar-refractivity contribution in [3.63, 3.8) is 0 Å². The van der Waals surface area contributed by atoms with Crippen molar-refractivity contribution < 1.29 is 9.53 Å². The maximum absolute atomic E-state index is 13.0. The van der Waals surface area contributed by atoms with Crippen molar-refractivity contribution in [3.05, 3.63) is 50.5 Å². The molecule has 1 aliphatic carbocycles. The second-order valence-corrected chi connectivity index (χ2v) is 11.3. The first-order valence-electron chi connectivity index (χ1n) is 11.2. The van der Waals surface area contributed by atoms with Crippen molar-refractivity contribution in [3.8, 4) is 5.75 Å². The lowest BCUT2D eigenvalue weighted by atomic mass is 9.72. The standard InChI is InChI=1S/C24H26ClN5O3S/c1-24(2,3)13-5-7-15-18(9-13)34-22-20(15)21-28-30(23(32)29(21)12-26-22)11-19(31)27-14-6-8-17(33-4)16(25)10-14/h6,8,10,12-13H,5,7,9,11H2,1-4H3,(H,27,31). The number of fused-ring (bicyclic) bond motifs is 5. The number of thiophene rings is 1. The van der Waals surface area contributed by atoms with Crippen LogP contribution in [0.1, 0.15) is 37.6 Å². The van der Waals surface area contributed by atoms with E-state index in [0.717, 1.165) is 29.5 Å². The number of amides is 1. The van der Waals surface area contributed by atoms with Crippen molar-refractivity contribution in [2.75, 3.05) is 12.4 Å². The number of rotatable bonds is 4. The highest BCUT2D eigenvalue weighted by Crippen LogP contribution is 2.43. The number of aryl methyl sites for hydroxylation is 1. The van der Waals surface area contributed by atoms with Crippen LogP contribution in [0.15, 0.2) is 29.3 Å². The van der Waals surface area contributed by atoms with Crippen molar-refractivity contribution in [1.82, 2.24) is 19.2 Å².